The molecule has 1 aromatic carbocycles. The Bertz CT molecular complexity index is 451. The first-order chi connectivity index (χ1) is 9.08. The van der Waals surface area contributed by atoms with Gasteiger partial charge in [-0.2, -0.15) is 0 Å². The fourth-order valence-corrected chi connectivity index (χ4v) is 2.65. The summed E-state index contributed by atoms with van der Waals surface area (Å²) in [6.07, 6.45) is 5.95. The van der Waals surface area contributed by atoms with Gasteiger partial charge in [-0.25, -0.2) is 0 Å². The topological polar surface area (TPSA) is 55.2 Å². The molecule has 2 rings (SSSR count). The molecule has 1 N–H and O–H groups in total. The maximum absolute atomic E-state index is 11.1. The molecule has 0 unspecified atom stereocenters. The van der Waals surface area contributed by atoms with Crippen molar-refractivity contribution < 1.29 is 4.92 Å². The van der Waals surface area contributed by atoms with Crippen LogP contribution in [0.25, 0.3) is 0 Å². The predicted molar refractivity (Wildman–Crippen MR) is 77.7 cm³/mol. The molecule has 0 radical (unpaired) electrons. The van der Waals surface area contributed by atoms with E-state index in [1.807, 2.05) is 12.1 Å². The van der Waals surface area contributed by atoms with Crippen LogP contribution in [-0.4, -0.2) is 11.0 Å². The summed E-state index contributed by atoms with van der Waals surface area (Å²) in [4.78, 5) is 10.8. The fourth-order valence-electron chi connectivity index (χ4n) is 2.65. The summed E-state index contributed by atoms with van der Waals surface area (Å²) >= 11 is 0. The van der Waals surface area contributed by atoms with E-state index in [1.54, 1.807) is 6.07 Å². The molecule has 1 aliphatic rings. The zero-order valence-electron chi connectivity index (χ0n) is 11.7. The van der Waals surface area contributed by atoms with Crippen molar-refractivity contribution in [2.75, 3.05) is 5.32 Å². The summed E-state index contributed by atoms with van der Waals surface area (Å²) < 4.78 is 0. The van der Waals surface area contributed by atoms with Crippen molar-refractivity contribution >= 4 is 11.4 Å². The van der Waals surface area contributed by atoms with Crippen molar-refractivity contribution in [1.29, 1.82) is 0 Å². The lowest BCUT2D eigenvalue weighted by Gasteiger charge is -2.24. The van der Waals surface area contributed by atoms with Gasteiger partial charge in [0.05, 0.1) is 4.92 Å². The van der Waals surface area contributed by atoms with Crippen LogP contribution < -0.4 is 5.32 Å². The van der Waals surface area contributed by atoms with Gasteiger partial charge in [0, 0.05) is 12.1 Å². The average molecular weight is 262 g/mol. The molecule has 0 spiro atoms. The standard InChI is InChI=1S/C15H22N2O2/c1-11(2)12-8-9-15(17(18)19)14(10-12)16-13-6-4-3-5-7-13/h8-11,13,16H,3-7H2,1-2H3. The fraction of sp³-hybridized carbons (Fsp3) is 0.600. The zero-order chi connectivity index (χ0) is 13.8. The second-order valence-electron chi connectivity index (χ2n) is 5.67. The number of hydrogen-bond donors (Lipinski definition) is 1. The van der Waals surface area contributed by atoms with Crippen molar-refractivity contribution in [3.05, 3.63) is 33.9 Å². The van der Waals surface area contributed by atoms with Gasteiger partial charge in [0.2, 0.25) is 0 Å². The number of anilines is 1. The highest BCUT2D eigenvalue weighted by Gasteiger charge is 2.19. The van der Waals surface area contributed by atoms with E-state index >= 15 is 0 Å². The Kier molecular flexibility index (Phi) is 4.40. The molecule has 0 heterocycles. The van der Waals surface area contributed by atoms with Gasteiger partial charge in [-0.1, -0.05) is 39.2 Å². The maximum atomic E-state index is 11.1. The van der Waals surface area contributed by atoms with Crippen LogP contribution >= 0.6 is 0 Å². The van der Waals surface area contributed by atoms with Crippen LogP contribution in [0.1, 0.15) is 57.4 Å². The molecular weight excluding hydrogens is 240 g/mol. The lowest BCUT2D eigenvalue weighted by atomic mass is 9.94. The molecule has 104 valence electrons. The second kappa shape index (κ2) is 6.04. The van der Waals surface area contributed by atoms with E-state index < -0.39 is 0 Å². The average Bonchev–Trinajstić information content (AvgIpc) is 2.39. The normalized spacial score (nSPS) is 16.6. The Morgan fingerprint density at radius 1 is 1.26 bits per heavy atom. The van der Waals surface area contributed by atoms with Crippen molar-refractivity contribution in [3.63, 3.8) is 0 Å². The predicted octanol–water partition coefficient (Wildman–Crippen LogP) is 4.46. The monoisotopic (exact) mass is 262 g/mol. The molecular formula is C15H22N2O2. The van der Waals surface area contributed by atoms with E-state index in [4.69, 9.17) is 0 Å². The van der Waals surface area contributed by atoms with Crippen LogP contribution in [0.3, 0.4) is 0 Å². The molecule has 19 heavy (non-hydrogen) atoms. The molecule has 1 saturated carbocycles. The minimum atomic E-state index is -0.296. The molecule has 0 amide bonds. The van der Waals surface area contributed by atoms with Gasteiger partial charge in [-0.05, 0) is 30.4 Å². The van der Waals surface area contributed by atoms with Gasteiger partial charge >= 0.3 is 0 Å². The Morgan fingerprint density at radius 2 is 1.95 bits per heavy atom. The molecule has 1 fully saturated rings. The number of rotatable bonds is 4. The van der Waals surface area contributed by atoms with Crippen molar-refractivity contribution in [2.24, 2.45) is 0 Å². The molecule has 4 heteroatoms. The molecule has 4 nitrogen and oxygen atoms in total. The van der Waals surface area contributed by atoms with Crippen LogP contribution in [0.2, 0.25) is 0 Å². The maximum Gasteiger partial charge on any atom is 0.292 e. The summed E-state index contributed by atoms with van der Waals surface area (Å²) in [5.41, 5.74) is 2.02. The Hall–Kier alpha value is -1.58. The number of nitrogens with zero attached hydrogens (tertiary/aromatic N) is 1. The van der Waals surface area contributed by atoms with Crippen LogP contribution in [0.15, 0.2) is 18.2 Å². The van der Waals surface area contributed by atoms with E-state index in [2.05, 4.69) is 19.2 Å². The number of nitrogens with one attached hydrogen (secondary N) is 1. The Labute approximate surface area is 114 Å². The lowest BCUT2D eigenvalue weighted by molar-refractivity contribution is -0.384. The molecule has 0 atom stereocenters. The minimum Gasteiger partial charge on any atom is -0.377 e. The van der Waals surface area contributed by atoms with E-state index in [1.165, 1.54) is 19.3 Å². The van der Waals surface area contributed by atoms with Gasteiger partial charge in [0.25, 0.3) is 5.69 Å². The lowest BCUT2D eigenvalue weighted by Crippen LogP contribution is -2.22. The molecule has 1 aliphatic carbocycles. The zero-order valence-corrected chi connectivity index (χ0v) is 11.7. The SMILES string of the molecule is CC(C)c1ccc([N+](=O)[O-])c(NC2CCCCC2)c1. The first kappa shape index (κ1) is 13.8. The van der Waals surface area contributed by atoms with Gasteiger partial charge in [-0.15, -0.1) is 0 Å². The van der Waals surface area contributed by atoms with E-state index in [9.17, 15) is 10.1 Å². The quantitative estimate of drug-likeness (QED) is 0.643. The first-order valence-corrected chi connectivity index (χ1v) is 7.13. The van der Waals surface area contributed by atoms with Crippen molar-refractivity contribution in [2.45, 2.75) is 57.9 Å². The molecule has 1 aromatic rings. The van der Waals surface area contributed by atoms with E-state index in [-0.39, 0.29) is 10.6 Å². The number of hydrogen-bond acceptors (Lipinski definition) is 3. The van der Waals surface area contributed by atoms with E-state index in [0.717, 1.165) is 18.4 Å². The van der Waals surface area contributed by atoms with Crippen molar-refractivity contribution in [3.8, 4) is 0 Å². The second-order valence-corrected chi connectivity index (χ2v) is 5.67. The summed E-state index contributed by atoms with van der Waals surface area (Å²) in [5, 5.41) is 14.5. The smallest absolute Gasteiger partial charge is 0.292 e. The van der Waals surface area contributed by atoms with Gasteiger partial charge < -0.3 is 5.32 Å². The molecule has 0 saturated heterocycles. The highest BCUT2D eigenvalue weighted by Crippen LogP contribution is 2.31. The van der Waals surface area contributed by atoms with Gasteiger partial charge in [-0.3, -0.25) is 10.1 Å². The number of nitro benzene ring substituents is 1. The third kappa shape index (κ3) is 3.46. The number of benzene rings is 1. The van der Waals surface area contributed by atoms with Crippen LogP contribution in [-0.2, 0) is 0 Å². The first-order valence-electron chi connectivity index (χ1n) is 7.13. The van der Waals surface area contributed by atoms with Gasteiger partial charge in [0.15, 0.2) is 0 Å². The largest absolute Gasteiger partial charge is 0.377 e. The highest BCUT2D eigenvalue weighted by atomic mass is 16.6. The summed E-state index contributed by atoms with van der Waals surface area (Å²) in [7, 11) is 0. The third-order valence-corrected chi connectivity index (χ3v) is 3.85. The Morgan fingerprint density at radius 3 is 2.53 bits per heavy atom. The molecule has 0 aromatic heterocycles. The highest BCUT2D eigenvalue weighted by molar-refractivity contribution is 5.63. The Balaban J connectivity index is 2.23. The van der Waals surface area contributed by atoms with Crippen LogP contribution in [0.5, 0.6) is 0 Å². The summed E-state index contributed by atoms with van der Waals surface area (Å²) in [6.45, 7) is 4.21. The van der Waals surface area contributed by atoms with Gasteiger partial charge in [0.1, 0.15) is 5.69 Å². The van der Waals surface area contributed by atoms with Crippen molar-refractivity contribution in [1.82, 2.24) is 0 Å². The number of nitro groups is 1. The summed E-state index contributed by atoms with van der Waals surface area (Å²) in [6, 6.07) is 5.81. The van der Waals surface area contributed by atoms with E-state index in [0.29, 0.717) is 17.6 Å². The van der Waals surface area contributed by atoms with Crippen LogP contribution in [0, 0.1) is 10.1 Å². The molecule has 0 aliphatic heterocycles. The summed E-state index contributed by atoms with van der Waals surface area (Å²) in [5.74, 6) is 0.382. The van der Waals surface area contributed by atoms with Crippen LogP contribution in [0.4, 0.5) is 11.4 Å². The minimum absolute atomic E-state index is 0.190. The third-order valence-electron chi connectivity index (χ3n) is 3.85. The molecule has 0 bridgehead atoms.